The van der Waals surface area contributed by atoms with Gasteiger partial charge in [-0.2, -0.15) is 5.10 Å². The van der Waals surface area contributed by atoms with Gasteiger partial charge in [-0.25, -0.2) is 4.68 Å². The highest BCUT2D eigenvalue weighted by molar-refractivity contribution is 5.95. The van der Waals surface area contributed by atoms with Crippen LogP contribution in [0.15, 0.2) is 36.5 Å². The quantitative estimate of drug-likeness (QED) is 0.715. The van der Waals surface area contributed by atoms with Crippen molar-refractivity contribution in [3.05, 3.63) is 59.4 Å². The lowest BCUT2D eigenvalue weighted by molar-refractivity contribution is 0.0953. The molecular weight excluding hydrogens is 352 g/mol. The third kappa shape index (κ3) is 3.69. The van der Waals surface area contributed by atoms with Crippen molar-refractivity contribution in [2.75, 3.05) is 6.54 Å². The number of amides is 1. The smallest absolute Gasteiger partial charge is 0.254 e. The van der Waals surface area contributed by atoms with Crippen LogP contribution in [0.5, 0.6) is 0 Å². The number of fused-ring (bicyclic) bond motifs is 1. The molecule has 0 unspecified atom stereocenters. The number of carbonyl (C=O) groups excluding carboxylic acids is 1. The molecule has 0 atom stereocenters. The molecule has 1 aromatic carbocycles. The fourth-order valence-electron chi connectivity index (χ4n) is 3.81. The Hall–Kier alpha value is -2.96. The van der Waals surface area contributed by atoms with E-state index in [9.17, 15) is 4.79 Å². The fraction of sp³-hybridized carbons (Fsp3) is 0.429. The van der Waals surface area contributed by atoms with Crippen molar-refractivity contribution in [3.63, 3.8) is 0 Å². The average molecular weight is 378 g/mol. The highest BCUT2D eigenvalue weighted by Crippen LogP contribution is 2.16. The van der Waals surface area contributed by atoms with E-state index in [-0.39, 0.29) is 5.91 Å². The third-order valence-corrected chi connectivity index (χ3v) is 5.27. The van der Waals surface area contributed by atoms with Gasteiger partial charge in [-0.1, -0.05) is 31.5 Å². The molecule has 0 radical (unpaired) electrons. The first kappa shape index (κ1) is 18.4. The highest BCUT2D eigenvalue weighted by Gasteiger charge is 2.18. The van der Waals surface area contributed by atoms with Crippen LogP contribution in [0.4, 0.5) is 0 Å². The predicted molar refractivity (Wildman–Crippen MR) is 107 cm³/mol. The summed E-state index contributed by atoms with van der Waals surface area (Å²) in [6.45, 7) is 3.56. The van der Waals surface area contributed by atoms with Gasteiger partial charge in [-0.05, 0) is 31.4 Å². The van der Waals surface area contributed by atoms with Crippen molar-refractivity contribution in [3.8, 4) is 5.69 Å². The molecule has 0 saturated carbocycles. The molecule has 0 bridgehead atoms. The average Bonchev–Trinajstić information content (AvgIpc) is 3.25. The van der Waals surface area contributed by atoms with E-state index >= 15 is 0 Å². The maximum Gasteiger partial charge on any atom is 0.254 e. The zero-order chi connectivity index (χ0) is 19.3. The van der Waals surface area contributed by atoms with Crippen LogP contribution in [0.1, 0.15) is 53.9 Å². The van der Waals surface area contributed by atoms with Gasteiger partial charge in [0.25, 0.3) is 5.91 Å². The Morgan fingerprint density at radius 3 is 2.82 bits per heavy atom. The molecule has 7 nitrogen and oxygen atoms in total. The van der Waals surface area contributed by atoms with Crippen LogP contribution in [0.2, 0.25) is 0 Å². The fourth-order valence-corrected chi connectivity index (χ4v) is 3.81. The van der Waals surface area contributed by atoms with E-state index < -0.39 is 0 Å². The summed E-state index contributed by atoms with van der Waals surface area (Å²) in [6, 6.07) is 9.89. The molecule has 146 valence electrons. The lowest BCUT2D eigenvalue weighted by atomic mass is 10.2. The summed E-state index contributed by atoms with van der Waals surface area (Å²) in [4.78, 5) is 12.7. The van der Waals surface area contributed by atoms with Crippen molar-refractivity contribution in [2.24, 2.45) is 0 Å². The van der Waals surface area contributed by atoms with E-state index in [1.807, 2.05) is 41.9 Å². The molecular formula is C21H26N6O. The van der Waals surface area contributed by atoms with Gasteiger partial charge in [-0.3, -0.25) is 4.79 Å². The zero-order valence-electron chi connectivity index (χ0n) is 16.3. The summed E-state index contributed by atoms with van der Waals surface area (Å²) < 4.78 is 4.07. The number of nitrogens with one attached hydrogen (secondary N) is 1. The normalized spacial score (nSPS) is 13.8. The topological polar surface area (TPSA) is 77.6 Å². The molecule has 0 saturated heterocycles. The van der Waals surface area contributed by atoms with Crippen molar-refractivity contribution >= 4 is 5.91 Å². The first-order chi connectivity index (χ1) is 13.8. The molecule has 0 fully saturated rings. The maximum atomic E-state index is 12.7. The molecule has 1 amide bonds. The Kier molecular flexibility index (Phi) is 5.50. The Morgan fingerprint density at radius 1 is 1.14 bits per heavy atom. The summed E-state index contributed by atoms with van der Waals surface area (Å²) >= 11 is 0. The van der Waals surface area contributed by atoms with E-state index in [0.717, 1.165) is 42.4 Å². The largest absolute Gasteiger partial charge is 0.351 e. The number of para-hydroxylation sites is 1. The molecule has 0 aliphatic carbocycles. The molecule has 3 aromatic rings. The summed E-state index contributed by atoms with van der Waals surface area (Å²) in [7, 11) is 0. The van der Waals surface area contributed by atoms with Gasteiger partial charge in [0.1, 0.15) is 11.6 Å². The van der Waals surface area contributed by atoms with Gasteiger partial charge >= 0.3 is 0 Å². The van der Waals surface area contributed by atoms with Crippen molar-refractivity contribution in [1.29, 1.82) is 0 Å². The lowest BCUT2D eigenvalue weighted by Crippen LogP contribution is -2.27. The third-order valence-electron chi connectivity index (χ3n) is 5.27. The molecule has 7 heteroatoms. The van der Waals surface area contributed by atoms with Gasteiger partial charge in [0.2, 0.25) is 0 Å². The summed E-state index contributed by atoms with van der Waals surface area (Å²) in [6.07, 6.45) is 7.66. The number of hydrogen-bond donors (Lipinski definition) is 1. The van der Waals surface area contributed by atoms with E-state index in [1.165, 1.54) is 19.3 Å². The van der Waals surface area contributed by atoms with Crippen LogP contribution in [-0.2, 0) is 25.8 Å². The SMILES string of the molecule is CCc1c(C(=O)NCCc2nnc3n2CCCCC3)cnn1-c1ccccc1. The second-order valence-corrected chi connectivity index (χ2v) is 7.11. The molecule has 3 heterocycles. The minimum atomic E-state index is -0.0883. The number of nitrogens with zero attached hydrogens (tertiary/aromatic N) is 5. The Morgan fingerprint density at radius 2 is 2.00 bits per heavy atom. The minimum Gasteiger partial charge on any atom is -0.351 e. The van der Waals surface area contributed by atoms with Gasteiger partial charge in [0.05, 0.1) is 23.1 Å². The van der Waals surface area contributed by atoms with Crippen LogP contribution < -0.4 is 5.32 Å². The molecule has 1 N–H and O–H groups in total. The van der Waals surface area contributed by atoms with E-state index in [4.69, 9.17) is 0 Å². The number of rotatable bonds is 6. The number of aromatic nitrogens is 5. The molecule has 1 aliphatic heterocycles. The Bertz CT molecular complexity index is 943. The van der Waals surface area contributed by atoms with E-state index in [2.05, 4.69) is 25.2 Å². The minimum absolute atomic E-state index is 0.0883. The monoisotopic (exact) mass is 378 g/mol. The van der Waals surface area contributed by atoms with E-state index in [0.29, 0.717) is 18.5 Å². The standard InChI is InChI=1S/C21H26N6O/c1-2-18-17(15-23-27(18)16-9-5-3-6-10-16)21(28)22-13-12-20-25-24-19-11-7-4-8-14-26(19)20/h3,5-6,9-10,15H,2,4,7-8,11-14H2,1H3,(H,22,28). The number of benzene rings is 1. The van der Waals surface area contributed by atoms with Crippen LogP contribution >= 0.6 is 0 Å². The van der Waals surface area contributed by atoms with Crippen molar-refractivity contribution in [2.45, 2.75) is 52.0 Å². The molecule has 0 spiro atoms. The number of aryl methyl sites for hydroxylation is 1. The van der Waals surface area contributed by atoms with E-state index in [1.54, 1.807) is 6.20 Å². The van der Waals surface area contributed by atoms with Crippen molar-refractivity contribution in [1.82, 2.24) is 29.9 Å². The van der Waals surface area contributed by atoms with Gasteiger partial charge in [0, 0.05) is 25.9 Å². The second-order valence-electron chi connectivity index (χ2n) is 7.11. The van der Waals surface area contributed by atoms with Gasteiger partial charge in [0.15, 0.2) is 0 Å². The van der Waals surface area contributed by atoms with Crippen molar-refractivity contribution < 1.29 is 4.79 Å². The Labute approximate surface area is 164 Å². The van der Waals surface area contributed by atoms with Crippen LogP contribution in [0.3, 0.4) is 0 Å². The van der Waals surface area contributed by atoms with Gasteiger partial charge < -0.3 is 9.88 Å². The molecule has 2 aromatic heterocycles. The predicted octanol–water partition coefficient (Wildman–Crippen LogP) is 2.73. The van der Waals surface area contributed by atoms with Crippen LogP contribution in [-0.4, -0.2) is 37.0 Å². The van der Waals surface area contributed by atoms with Crippen LogP contribution in [0, 0.1) is 0 Å². The highest BCUT2D eigenvalue weighted by atomic mass is 16.1. The molecule has 4 rings (SSSR count). The number of hydrogen-bond acceptors (Lipinski definition) is 4. The van der Waals surface area contributed by atoms with Crippen LogP contribution in [0.25, 0.3) is 5.69 Å². The summed E-state index contributed by atoms with van der Waals surface area (Å²) in [5.74, 6) is 1.96. The number of carbonyl (C=O) groups is 1. The molecule has 28 heavy (non-hydrogen) atoms. The second kappa shape index (κ2) is 8.37. The zero-order valence-corrected chi connectivity index (χ0v) is 16.3. The van der Waals surface area contributed by atoms with Gasteiger partial charge in [-0.15, -0.1) is 10.2 Å². The Balaban J connectivity index is 1.42. The lowest BCUT2D eigenvalue weighted by Gasteiger charge is -2.09. The maximum absolute atomic E-state index is 12.7. The first-order valence-corrected chi connectivity index (χ1v) is 10.1. The molecule has 1 aliphatic rings. The summed E-state index contributed by atoms with van der Waals surface area (Å²) in [5.41, 5.74) is 2.51. The summed E-state index contributed by atoms with van der Waals surface area (Å²) in [5, 5.41) is 16.1. The first-order valence-electron chi connectivity index (χ1n) is 10.1.